The lowest BCUT2D eigenvalue weighted by Crippen LogP contribution is -2.57. The summed E-state index contributed by atoms with van der Waals surface area (Å²) in [6.45, 7) is 0.331. The number of carbonyl (C=O) groups excluding carboxylic acids is 4. The van der Waals surface area contributed by atoms with Crippen LogP contribution in [-0.4, -0.2) is 88.5 Å². The number of thioether (sulfide) groups is 1. The van der Waals surface area contributed by atoms with Crippen LogP contribution < -0.4 is 33.2 Å². The number of hydrogen-bond acceptors (Lipinski definition) is 9. The van der Waals surface area contributed by atoms with E-state index in [9.17, 15) is 33.9 Å². The summed E-state index contributed by atoms with van der Waals surface area (Å²) in [7, 11) is 0. The van der Waals surface area contributed by atoms with Gasteiger partial charge in [0.25, 0.3) is 0 Å². The first kappa shape index (κ1) is 32.1. The van der Waals surface area contributed by atoms with Crippen molar-refractivity contribution in [3.8, 4) is 0 Å². The minimum absolute atomic E-state index is 0.0528. The van der Waals surface area contributed by atoms with E-state index in [0.717, 1.165) is 0 Å². The van der Waals surface area contributed by atoms with Gasteiger partial charge in [-0.2, -0.15) is 11.8 Å². The Bertz CT molecular complexity index is 753. The van der Waals surface area contributed by atoms with E-state index in [0.29, 0.717) is 31.6 Å². The third-order valence-electron chi connectivity index (χ3n) is 4.86. The number of rotatable bonds is 19. The number of amides is 4. The van der Waals surface area contributed by atoms with Gasteiger partial charge in [-0.1, -0.05) is 0 Å². The lowest BCUT2D eigenvalue weighted by atomic mass is 10.1. The fourth-order valence-corrected chi connectivity index (χ4v) is 3.38. The van der Waals surface area contributed by atoms with Crippen LogP contribution in [0.25, 0.3) is 0 Å². The number of primary amides is 1. The molecule has 0 aromatic rings. The molecule has 0 aliphatic carbocycles. The first-order valence-corrected chi connectivity index (χ1v) is 12.4. The Morgan fingerprint density at radius 2 is 1.40 bits per heavy atom. The summed E-state index contributed by atoms with van der Waals surface area (Å²) >= 11 is 1.47. The van der Waals surface area contributed by atoms with E-state index in [4.69, 9.17) is 22.3 Å². The standard InChI is InChI=1S/C20H36N6O8S/c1-35-9-7-11(22)17(30)24-12(5-6-15(23)27)18(31)26-14(10-16(28)29)19(32)25-13(20(33)34)4-2-3-8-21/h11-14H,2-10,21-22H2,1H3,(H2,23,27)(H,24,30)(H,25,32)(H,26,31)(H,28,29)(H,33,34). The third-order valence-corrected chi connectivity index (χ3v) is 5.50. The van der Waals surface area contributed by atoms with Gasteiger partial charge in [0.1, 0.15) is 18.1 Å². The van der Waals surface area contributed by atoms with Gasteiger partial charge >= 0.3 is 11.9 Å². The van der Waals surface area contributed by atoms with Gasteiger partial charge in [-0.15, -0.1) is 0 Å². The van der Waals surface area contributed by atoms with Crippen LogP contribution in [0.15, 0.2) is 0 Å². The number of carbonyl (C=O) groups is 6. The molecule has 4 unspecified atom stereocenters. The molecule has 4 amide bonds. The zero-order valence-corrected chi connectivity index (χ0v) is 20.5. The monoisotopic (exact) mass is 520 g/mol. The van der Waals surface area contributed by atoms with Crippen molar-refractivity contribution in [2.45, 2.75) is 69.1 Å². The zero-order chi connectivity index (χ0) is 27.0. The number of carboxylic acid groups (broad SMARTS) is 2. The van der Waals surface area contributed by atoms with Crippen molar-refractivity contribution in [3.05, 3.63) is 0 Å². The van der Waals surface area contributed by atoms with Gasteiger partial charge in [0.15, 0.2) is 0 Å². The van der Waals surface area contributed by atoms with Gasteiger partial charge in [-0.05, 0) is 50.7 Å². The Kier molecular flexibility index (Phi) is 16.1. The average Bonchev–Trinajstić information content (AvgIpc) is 2.78. The van der Waals surface area contributed by atoms with Crippen molar-refractivity contribution in [1.82, 2.24) is 16.0 Å². The van der Waals surface area contributed by atoms with Gasteiger partial charge in [0.05, 0.1) is 12.5 Å². The van der Waals surface area contributed by atoms with E-state index in [1.54, 1.807) is 0 Å². The van der Waals surface area contributed by atoms with E-state index in [2.05, 4.69) is 16.0 Å². The predicted octanol–water partition coefficient (Wildman–Crippen LogP) is -2.52. The molecule has 0 fully saturated rings. The molecule has 0 rings (SSSR count). The lowest BCUT2D eigenvalue weighted by Gasteiger charge is -2.24. The van der Waals surface area contributed by atoms with Gasteiger partial charge < -0.3 is 43.4 Å². The fraction of sp³-hybridized carbons (Fsp3) is 0.700. The predicted molar refractivity (Wildman–Crippen MR) is 128 cm³/mol. The van der Waals surface area contributed by atoms with Crippen LogP contribution in [0.1, 0.15) is 44.9 Å². The van der Waals surface area contributed by atoms with Crippen molar-refractivity contribution >= 4 is 47.3 Å². The molecule has 0 spiro atoms. The smallest absolute Gasteiger partial charge is 0.326 e. The second kappa shape index (κ2) is 17.5. The first-order valence-electron chi connectivity index (χ1n) is 11.0. The van der Waals surface area contributed by atoms with Crippen LogP contribution in [0.5, 0.6) is 0 Å². The van der Waals surface area contributed by atoms with Crippen LogP contribution in [-0.2, 0) is 28.8 Å². The molecule has 0 bridgehead atoms. The molecule has 11 N–H and O–H groups in total. The summed E-state index contributed by atoms with van der Waals surface area (Å²) in [5.41, 5.74) is 16.3. The third kappa shape index (κ3) is 14.2. The molecular formula is C20H36N6O8S. The number of nitrogens with one attached hydrogen (secondary N) is 3. The second-order valence-corrected chi connectivity index (χ2v) is 8.78. The van der Waals surface area contributed by atoms with Crippen molar-refractivity contribution < 1.29 is 39.0 Å². The van der Waals surface area contributed by atoms with Crippen molar-refractivity contribution in [1.29, 1.82) is 0 Å². The molecule has 0 aromatic heterocycles. The summed E-state index contributed by atoms with van der Waals surface area (Å²) in [5.74, 6) is -5.58. The van der Waals surface area contributed by atoms with Crippen molar-refractivity contribution in [2.24, 2.45) is 17.2 Å². The van der Waals surface area contributed by atoms with Crippen LogP contribution >= 0.6 is 11.8 Å². The zero-order valence-electron chi connectivity index (χ0n) is 19.7. The van der Waals surface area contributed by atoms with E-state index >= 15 is 0 Å². The largest absolute Gasteiger partial charge is 0.481 e. The Balaban J connectivity index is 5.49. The van der Waals surface area contributed by atoms with Crippen molar-refractivity contribution in [3.63, 3.8) is 0 Å². The first-order chi connectivity index (χ1) is 16.4. The van der Waals surface area contributed by atoms with Crippen LogP contribution in [0, 0.1) is 0 Å². The fourth-order valence-electron chi connectivity index (χ4n) is 2.89. The molecular weight excluding hydrogens is 484 g/mol. The molecule has 4 atom stereocenters. The molecule has 0 radical (unpaired) electrons. The number of carboxylic acids is 2. The Hall–Kier alpha value is -2.91. The molecule has 0 saturated heterocycles. The topological polar surface area (TPSA) is 257 Å². The Labute approximate surface area is 207 Å². The summed E-state index contributed by atoms with van der Waals surface area (Å²) in [4.78, 5) is 71.8. The van der Waals surface area contributed by atoms with Gasteiger partial charge in [-0.3, -0.25) is 24.0 Å². The number of hydrogen-bond donors (Lipinski definition) is 8. The molecule has 14 nitrogen and oxygen atoms in total. The molecule has 15 heteroatoms. The highest BCUT2D eigenvalue weighted by atomic mass is 32.2. The highest BCUT2D eigenvalue weighted by molar-refractivity contribution is 7.98. The highest BCUT2D eigenvalue weighted by Gasteiger charge is 2.31. The maximum atomic E-state index is 12.8. The minimum Gasteiger partial charge on any atom is -0.481 e. The quantitative estimate of drug-likeness (QED) is 0.0824. The summed E-state index contributed by atoms with van der Waals surface area (Å²) in [6.07, 6.45) is 1.78. The van der Waals surface area contributed by atoms with Crippen LogP contribution in [0.3, 0.4) is 0 Å². The summed E-state index contributed by atoms with van der Waals surface area (Å²) in [5, 5.41) is 25.3. The Morgan fingerprint density at radius 3 is 1.91 bits per heavy atom. The molecule has 0 aliphatic rings. The molecule has 0 aromatic carbocycles. The van der Waals surface area contributed by atoms with Crippen LogP contribution in [0.4, 0.5) is 0 Å². The number of aliphatic carboxylic acids is 2. The Morgan fingerprint density at radius 1 is 0.829 bits per heavy atom. The second-order valence-electron chi connectivity index (χ2n) is 7.80. The van der Waals surface area contributed by atoms with E-state index < -0.39 is 66.2 Å². The van der Waals surface area contributed by atoms with Gasteiger partial charge in [0.2, 0.25) is 23.6 Å². The van der Waals surface area contributed by atoms with Gasteiger partial charge in [0, 0.05) is 6.42 Å². The highest BCUT2D eigenvalue weighted by Crippen LogP contribution is 2.06. The van der Waals surface area contributed by atoms with Gasteiger partial charge in [-0.25, -0.2) is 4.79 Å². The molecule has 0 aliphatic heterocycles. The van der Waals surface area contributed by atoms with E-state index in [-0.39, 0.29) is 19.3 Å². The van der Waals surface area contributed by atoms with Crippen molar-refractivity contribution in [2.75, 3.05) is 18.6 Å². The number of nitrogens with two attached hydrogens (primary N) is 3. The molecule has 35 heavy (non-hydrogen) atoms. The maximum absolute atomic E-state index is 12.8. The maximum Gasteiger partial charge on any atom is 0.326 e. The molecule has 0 saturated carbocycles. The van der Waals surface area contributed by atoms with E-state index in [1.165, 1.54) is 11.8 Å². The summed E-state index contributed by atoms with van der Waals surface area (Å²) in [6, 6.07) is -5.23. The summed E-state index contributed by atoms with van der Waals surface area (Å²) < 4.78 is 0. The van der Waals surface area contributed by atoms with E-state index in [1.807, 2.05) is 6.26 Å². The minimum atomic E-state index is -1.64. The average molecular weight is 521 g/mol. The molecule has 0 heterocycles. The SMILES string of the molecule is CSCCC(N)C(=O)NC(CCC(N)=O)C(=O)NC(CC(=O)O)C(=O)NC(CCCCN)C(=O)O. The van der Waals surface area contributed by atoms with Crippen LogP contribution in [0.2, 0.25) is 0 Å². The number of unbranched alkanes of at least 4 members (excludes halogenated alkanes) is 1. The lowest BCUT2D eigenvalue weighted by molar-refractivity contribution is -0.143. The molecule has 200 valence electrons. The normalized spacial score (nSPS) is 14.1.